The molecule has 7 nitrogen and oxygen atoms in total. The molecule has 0 saturated carbocycles. The second kappa shape index (κ2) is 14.0. The number of carbonyl (C=O) groups is 2. The molecule has 2 amide bonds. The number of carbonyl (C=O) groups excluding carboxylic acids is 2. The van der Waals surface area contributed by atoms with Gasteiger partial charge in [-0.25, -0.2) is 0 Å². The minimum absolute atomic E-state index is 0.141. The molecule has 2 fully saturated rings. The molecule has 2 rings (SSSR count). The summed E-state index contributed by atoms with van der Waals surface area (Å²) in [7, 11) is 3.81. The van der Waals surface area contributed by atoms with E-state index in [-0.39, 0.29) is 11.8 Å². The van der Waals surface area contributed by atoms with E-state index < -0.39 is 0 Å². The largest absolute Gasteiger partial charge is 0.359 e. The van der Waals surface area contributed by atoms with Crippen LogP contribution in [0.5, 0.6) is 0 Å². The Kier molecular flexibility index (Phi) is 11.7. The average Bonchev–Trinajstić information content (AvgIpc) is 2.77. The molecule has 174 valence electrons. The molecule has 0 aromatic rings. The summed E-state index contributed by atoms with van der Waals surface area (Å²) in [6.07, 6.45) is 7.46. The molecule has 0 atom stereocenters. The number of nitrogens with one attached hydrogen (secondary N) is 2. The normalized spacial score (nSPS) is 19.9. The van der Waals surface area contributed by atoms with Crippen LogP contribution in [0.3, 0.4) is 0 Å². The third kappa shape index (κ3) is 9.31. The van der Waals surface area contributed by atoms with Gasteiger partial charge in [0.25, 0.3) is 0 Å². The lowest BCUT2D eigenvalue weighted by molar-refractivity contribution is -0.122. The number of amides is 2. The van der Waals surface area contributed by atoms with Crippen LogP contribution in [0.1, 0.15) is 51.9 Å². The van der Waals surface area contributed by atoms with Crippen LogP contribution < -0.4 is 10.6 Å². The van der Waals surface area contributed by atoms with Gasteiger partial charge in [0.15, 0.2) is 0 Å². The summed E-state index contributed by atoms with van der Waals surface area (Å²) in [4.78, 5) is 30.7. The molecular formula is C23H45N5O2. The van der Waals surface area contributed by atoms with Gasteiger partial charge in [-0.3, -0.25) is 9.59 Å². The van der Waals surface area contributed by atoms with Crippen molar-refractivity contribution in [1.82, 2.24) is 25.3 Å². The summed E-state index contributed by atoms with van der Waals surface area (Å²) in [6.45, 7) is 11.3. The Morgan fingerprint density at radius 1 is 0.867 bits per heavy atom. The fourth-order valence-electron chi connectivity index (χ4n) is 4.91. The zero-order chi connectivity index (χ0) is 21.8. The molecule has 2 saturated heterocycles. The predicted molar refractivity (Wildman–Crippen MR) is 122 cm³/mol. The number of hydrogen-bond donors (Lipinski definition) is 2. The summed E-state index contributed by atoms with van der Waals surface area (Å²) in [5.41, 5.74) is 0. The molecule has 0 aromatic heterocycles. The van der Waals surface area contributed by atoms with Crippen molar-refractivity contribution in [3.63, 3.8) is 0 Å². The van der Waals surface area contributed by atoms with Crippen molar-refractivity contribution in [2.24, 2.45) is 11.8 Å². The van der Waals surface area contributed by atoms with Crippen molar-refractivity contribution in [2.45, 2.75) is 51.9 Å². The molecule has 0 unspecified atom stereocenters. The van der Waals surface area contributed by atoms with Crippen LogP contribution in [0.2, 0.25) is 0 Å². The first-order valence-electron chi connectivity index (χ1n) is 12.1. The van der Waals surface area contributed by atoms with Gasteiger partial charge >= 0.3 is 0 Å². The Hall–Kier alpha value is -1.18. The summed E-state index contributed by atoms with van der Waals surface area (Å²) in [6, 6.07) is 0. The topological polar surface area (TPSA) is 67.9 Å². The fourth-order valence-corrected chi connectivity index (χ4v) is 4.91. The zero-order valence-electron chi connectivity index (χ0n) is 19.6. The summed E-state index contributed by atoms with van der Waals surface area (Å²) < 4.78 is 0. The van der Waals surface area contributed by atoms with Crippen molar-refractivity contribution < 1.29 is 9.59 Å². The molecular weight excluding hydrogens is 378 g/mol. The SMILES string of the molecule is CCCN(C)CCNC(=O)CCN1CCC(C2CCN(CCC(=O)NC)CC2)CC1. The highest BCUT2D eigenvalue weighted by Gasteiger charge is 2.29. The number of likely N-dealkylation sites (tertiary alicyclic amines) is 2. The first-order chi connectivity index (χ1) is 14.5. The van der Waals surface area contributed by atoms with Crippen LogP contribution in [0.25, 0.3) is 0 Å². The van der Waals surface area contributed by atoms with Gasteiger partial charge in [-0.2, -0.15) is 0 Å². The minimum Gasteiger partial charge on any atom is -0.359 e. The van der Waals surface area contributed by atoms with Crippen LogP contribution in [-0.4, -0.2) is 99.5 Å². The molecule has 0 aromatic carbocycles. The number of rotatable bonds is 12. The van der Waals surface area contributed by atoms with Crippen LogP contribution in [0.4, 0.5) is 0 Å². The molecule has 2 N–H and O–H groups in total. The Labute approximate surface area is 183 Å². The van der Waals surface area contributed by atoms with E-state index in [1.54, 1.807) is 7.05 Å². The Morgan fingerprint density at radius 3 is 1.83 bits per heavy atom. The molecule has 0 spiro atoms. The van der Waals surface area contributed by atoms with E-state index in [1.807, 2.05) is 0 Å². The lowest BCUT2D eigenvalue weighted by Gasteiger charge is -2.40. The maximum Gasteiger partial charge on any atom is 0.221 e. The third-order valence-corrected chi connectivity index (χ3v) is 6.94. The van der Waals surface area contributed by atoms with E-state index in [4.69, 9.17) is 0 Å². The quantitative estimate of drug-likeness (QED) is 0.497. The van der Waals surface area contributed by atoms with Gasteiger partial charge in [0.2, 0.25) is 11.8 Å². The van der Waals surface area contributed by atoms with Gasteiger partial charge in [0, 0.05) is 46.1 Å². The molecule has 0 aliphatic carbocycles. The van der Waals surface area contributed by atoms with Crippen LogP contribution in [0.15, 0.2) is 0 Å². The van der Waals surface area contributed by atoms with E-state index in [2.05, 4.69) is 39.3 Å². The maximum atomic E-state index is 12.1. The van der Waals surface area contributed by atoms with Crippen molar-refractivity contribution >= 4 is 11.8 Å². The highest BCUT2D eigenvalue weighted by Crippen LogP contribution is 2.32. The summed E-state index contributed by atoms with van der Waals surface area (Å²) >= 11 is 0. The number of piperidine rings is 2. The monoisotopic (exact) mass is 423 g/mol. The van der Waals surface area contributed by atoms with Gasteiger partial charge in [0.1, 0.15) is 0 Å². The number of likely N-dealkylation sites (N-methyl/N-ethyl adjacent to an activating group) is 1. The van der Waals surface area contributed by atoms with Gasteiger partial charge in [-0.15, -0.1) is 0 Å². The Bertz CT molecular complexity index is 500. The molecule has 30 heavy (non-hydrogen) atoms. The zero-order valence-corrected chi connectivity index (χ0v) is 19.6. The standard InChI is InChI=1S/C23H45N5O2/c1-4-12-26(3)19-11-25-23(30)10-18-28-15-7-21(8-16-28)20-5-13-27(14-6-20)17-9-22(29)24-2/h20-21H,4-19H2,1-3H3,(H,24,29)(H,25,30). The molecule has 7 heteroatoms. The summed E-state index contributed by atoms with van der Waals surface area (Å²) in [5.74, 6) is 2.00. The van der Waals surface area contributed by atoms with E-state index >= 15 is 0 Å². The smallest absolute Gasteiger partial charge is 0.221 e. The molecule has 2 aliphatic rings. The van der Waals surface area contributed by atoms with Crippen molar-refractivity contribution in [3.05, 3.63) is 0 Å². The Morgan fingerprint density at radius 2 is 1.37 bits per heavy atom. The molecule has 0 radical (unpaired) electrons. The second-order valence-corrected chi connectivity index (χ2v) is 9.18. The minimum atomic E-state index is 0.141. The number of nitrogens with zero attached hydrogens (tertiary/aromatic N) is 3. The van der Waals surface area contributed by atoms with Gasteiger partial charge in [-0.1, -0.05) is 6.92 Å². The highest BCUT2D eigenvalue weighted by molar-refractivity contribution is 5.76. The Balaban J connectivity index is 1.54. The second-order valence-electron chi connectivity index (χ2n) is 9.18. The lowest BCUT2D eigenvalue weighted by Crippen LogP contribution is -2.42. The highest BCUT2D eigenvalue weighted by atomic mass is 16.2. The van der Waals surface area contributed by atoms with E-state index in [1.165, 1.54) is 25.7 Å². The van der Waals surface area contributed by atoms with Crippen LogP contribution >= 0.6 is 0 Å². The van der Waals surface area contributed by atoms with E-state index in [9.17, 15) is 9.59 Å². The van der Waals surface area contributed by atoms with E-state index in [0.29, 0.717) is 12.8 Å². The first kappa shape index (κ1) is 25.1. The predicted octanol–water partition coefficient (Wildman–Crippen LogP) is 1.39. The van der Waals surface area contributed by atoms with E-state index in [0.717, 1.165) is 77.2 Å². The van der Waals surface area contributed by atoms with Crippen LogP contribution in [0, 0.1) is 11.8 Å². The lowest BCUT2D eigenvalue weighted by atomic mass is 9.79. The van der Waals surface area contributed by atoms with Gasteiger partial charge in [0.05, 0.1) is 0 Å². The molecule has 0 bridgehead atoms. The van der Waals surface area contributed by atoms with Crippen molar-refractivity contribution in [2.75, 3.05) is 73.0 Å². The molecule has 2 heterocycles. The average molecular weight is 424 g/mol. The van der Waals surface area contributed by atoms with Gasteiger partial charge < -0.3 is 25.3 Å². The first-order valence-corrected chi connectivity index (χ1v) is 12.1. The van der Waals surface area contributed by atoms with Crippen molar-refractivity contribution in [1.29, 1.82) is 0 Å². The summed E-state index contributed by atoms with van der Waals surface area (Å²) in [5, 5.41) is 5.77. The van der Waals surface area contributed by atoms with Crippen molar-refractivity contribution in [3.8, 4) is 0 Å². The number of hydrogen-bond acceptors (Lipinski definition) is 5. The fraction of sp³-hybridized carbons (Fsp3) is 0.913. The molecule has 2 aliphatic heterocycles. The van der Waals surface area contributed by atoms with Gasteiger partial charge in [-0.05, 0) is 83.7 Å². The van der Waals surface area contributed by atoms with Crippen LogP contribution in [-0.2, 0) is 9.59 Å². The third-order valence-electron chi connectivity index (χ3n) is 6.94. The maximum absolute atomic E-state index is 12.1.